The van der Waals surface area contributed by atoms with Gasteiger partial charge in [0.25, 0.3) is 0 Å². The number of hydrogen-bond acceptors (Lipinski definition) is 4. The first kappa shape index (κ1) is 19.5. The van der Waals surface area contributed by atoms with E-state index in [4.69, 9.17) is 4.98 Å². The van der Waals surface area contributed by atoms with Crippen molar-refractivity contribution in [2.45, 2.75) is 45.4 Å². The summed E-state index contributed by atoms with van der Waals surface area (Å²) in [6, 6.07) is 6.63. The van der Waals surface area contributed by atoms with Gasteiger partial charge >= 0.3 is 0 Å². The van der Waals surface area contributed by atoms with E-state index in [1.165, 1.54) is 6.07 Å². The van der Waals surface area contributed by atoms with Crippen LogP contribution in [-0.4, -0.2) is 46.3 Å². The molecule has 0 spiro atoms. The number of benzene rings is 1. The second kappa shape index (κ2) is 7.89. The molecule has 6 nitrogen and oxygen atoms in total. The van der Waals surface area contributed by atoms with Crippen LogP contribution in [0.5, 0.6) is 0 Å². The summed E-state index contributed by atoms with van der Waals surface area (Å²) in [6.45, 7) is 5.25. The molecule has 0 N–H and O–H groups in total. The summed E-state index contributed by atoms with van der Waals surface area (Å²) in [5.74, 6) is 1.19. The van der Waals surface area contributed by atoms with Gasteiger partial charge < -0.3 is 4.90 Å². The number of aryl methyl sites for hydroxylation is 1. The first-order valence-electron chi connectivity index (χ1n) is 10.1. The third kappa shape index (κ3) is 3.86. The molecule has 1 saturated heterocycles. The van der Waals surface area contributed by atoms with Crippen LogP contribution in [0.3, 0.4) is 0 Å². The second-order valence-electron chi connectivity index (χ2n) is 7.84. The number of halogens is 1. The number of hydrogen-bond donors (Lipinski definition) is 0. The topological polar surface area (TPSA) is 66.4 Å². The number of amides is 2. The molecule has 4 rings (SSSR count). The summed E-state index contributed by atoms with van der Waals surface area (Å²) in [6.07, 6.45) is 2.55. The van der Waals surface area contributed by atoms with E-state index in [1.54, 1.807) is 30.0 Å². The van der Waals surface area contributed by atoms with Gasteiger partial charge in [0, 0.05) is 43.7 Å². The zero-order valence-corrected chi connectivity index (χ0v) is 16.8. The van der Waals surface area contributed by atoms with Crippen LogP contribution in [0.4, 0.5) is 10.2 Å². The van der Waals surface area contributed by atoms with E-state index >= 15 is 0 Å². The van der Waals surface area contributed by atoms with Gasteiger partial charge in [-0.15, -0.1) is 0 Å². The van der Waals surface area contributed by atoms with Gasteiger partial charge in [-0.25, -0.2) is 14.4 Å². The van der Waals surface area contributed by atoms with E-state index in [9.17, 15) is 14.0 Å². The molecule has 1 atom stereocenters. The first-order valence-corrected chi connectivity index (χ1v) is 10.1. The molecule has 0 aliphatic carbocycles. The molecular weight excluding hydrogens is 371 g/mol. The molecule has 3 heterocycles. The van der Waals surface area contributed by atoms with Crippen molar-refractivity contribution in [3.63, 3.8) is 0 Å². The molecule has 2 aromatic rings. The number of piperidine rings is 1. The number of carbonyl (C=O) groups excluding carboxylic acids is 2. The lowest BCUT2D eigenvalue weighted by atomic mass is 9.96. The Bertz CT molecular complexity index is 962. The number of rotatable bonds is 4. The highest BCUT2D eigenvalue weighted by Crippen LogP contribution is 2.32. The average molecular weight is 396 g/mol. The lowest BCUT2D eigenvalue weighted by Gasteiger charge is -2.31. The maximum atomic E-state index is 14.0. The minimum Gasteiger partial charge on any atom is -0.342 e. The normalized spacial score (nSPS) is 18.9. The molecule has 152 valence electrons. The molecule has 1 aromatic carbocycles. The molecule has 2 aliphatic heterocycles. The van der Waals surface area contributed by atoms with Crippen molar-refractivity contribution in [1.29, 1.82) is 0 Å². The third-order valence-corrected chi connectivity index (χ3v) is 5.89. The lowest BCUT2D eigenvalue weighted by molar-refractivity contribution is -0.130. The Labute approximate surface area is 169 Å². The summed E-state index contributed by atoms with van der Waals surface area (Å²) < 4.78 is 14.0. The van der Waals surface area contributed by atoms with E-state index in [0.29, 0.717) is 36.7 Å². The predicted molar refractivity (Wildman–Crippen MR) is 107 cm³/mol. The quantitative estimate of drug-likeness (QED) is 0.797. The Hall–Kier alpha value is -2.83. The van der Waals surface area contributed by atoms with Gasteiger partial charge in [-0.3, -0.25) is 14.5 Å². The summed E-state index contributed by atoms with van der Waals surface area (Å²) in [4.78, 5) is 37.3. The third-order valence-electron chi connectivity index (χ3n) is 5.89. The van der Waals surface area contributed by atoms with Gasteiger partial charge in [0.1, 0.15) is 17.5 Å². The van der Waals surface area contributed by atoms with Gasteiger partial charge in [-0.1, -0.05) is 18.2 Å². The highest BCUT2D eigenvalue weighted by Gasteiger charge is 2.33. The number of aromatic nitrogens is 2. The van der Waals surface area contributed by atoms with Crippen molar-refractivity contribution in [2.24, 2.45) is 0 Å². The molecule has 29 heavy (non-hydrogen) atoms. The molecular formula is C22H25FN4O2. The number of likely N-dealkylation sites (tertiary alicyclic amines) is 1. The molecule has 1 fully saturated rings. The number of anilines is 1. The van der Waals surface area contributed by atoms with Crippen LogP contribution in [-0.2, 0) is 22.4 Å². The van der Waals surface area contributed by atoms with Crippen molar-refractivity contribution in [2.75, 3.05) is 24.5 Å². The Balaban J connectivity index is 1.58. The summed E-state index contributed by atoms with van der Waals surface area (Å²) in [5, 5.41) is 0. The maximum absolute atomic E-state index is 14.0. The van der Waals surface area contributed by atoms with E-state index in [-0.39, 0.29) is 30.0 Å². The Morgan fingerprint density at radius 1 is 1.28 bits per heavy atom. The molecule has 7 heteroatoms. The van der Waals surface area contributed by atoms with Crippen LogP contribution in [0.1, 0.15) is 48.3 Å². The standard InChI is InChI=1S/C22H25FN4O2/c1-14-18-12-20(29)27(11-9-16-6-3-4-8-19(16)23)22(18)25-21(24-14)17-7-5-10-26(13-17)15(2)28/h3-4,6,8,17H,5,7,9-13H2,1-2H3/t17-/m1/s1. The Kier molecular flexibility index (Phi) is 5.30. The van der Waals surface area contributed by atoms with Crippen molar-refractivity contribution in [3.8, 4) is 0 Å². The Morgan fingerprint density at radius 3 is 2.83 bits per heavy atom. The largest absolute Gasteiger partial charge is 0.342 e. The summed E-state index contributed by atoms with van der Waals surface area (Å²) >= 11 is 0. The SMILES string of the molecule is CC(=O)N1CCC[C@@H](c2nc(C)c3c(n2)N(CCc2ccccc2F)C(=O)C3)C1. The first-order chi connectivity index (χ1) is 13.9. The monoisotopic (exact) mass is 396 g/mol. The molecule has 0 radical (unpaired) electrons. The number of carbonyl (C=O) groups is 2. The van der Waals surface area contributed by atoms with Gasteiger partial charge in [-0.05, 0) is 37.8 Å². The molecule has 0 saturated carbocycles. The van der Waals surface area contributed by atoms with Crippen molar-refractivity contribution in [3.05, 3.63) is 52.7 Å². The van der Waals surface area contributed by atoms with Crippen LogP contribution in [0.25, 0.3) is 0 Å². The zero-order valence-electron chi connectivity index (χ0n) is 16.8. The van der Waals surface area contributed by atoms with Crippen LogP contribution in [0, 0.1) is 12.7 Å². The van der Waals surface area contributed by atoms with Gasteiger partial charge in [-0.2, -0.15) is 0 Å². The average Bonchev–Trinajstić information content (AvgIpc) is 3.03. The fourth-order valence-corrected chi connectivity index (χ4v) is 4.22. The predicted octanol–water partition coefficient (Wildman–Crippen LogP) is 2.78. The minimum absolute atomic E-state index is 0.0279. The van der Waals surface area contributed by atoms with Gasteiger partial charge in [0.05, 0.1) is 6.42 Å². The van der Waals surface area contributed by atoms with Crippen molar-refractivity contribution >= 4 is 17.6 Å². The van der Waals surface area contributed by atoms with E-state index in [2.05, 4.69) is 4.98 Å². The van der Waals surface area contributed by atoms with Crippen LogP contribution in [0.2, 0.25) is 0 Å². The fraction of sp³-hybridized carbons (Fsp3) is 0.455. The van der Waals surface area contributed by atoms with Crippen molar-refractivity contribution in [1.82, 2.24) is 14.9 Å². The summed E-state index contributed by atoms with van der Waals surface area (Å²) in [7, 11) is 0. The molecule has 0 bridgehead atoms. The minimum atomic E-state index is -0.259. The lowest BCUT2D eigenvalue weighted by Crippen LogP contribution is -2.38. The van der Waals surface area contributed by atoms with Crippen LogP contribution in [0.15, 0.2) is 24.3 Å². The highest BCUT2D eigenvalue weighted by molar-refractivity contribution is 6.00. The second-order valence-corrected chi connectivity index (χ2v) is 7.84. The van der Waals surface area contributed by atoms with E-state index < -0.39 is 0 Å². The number of nitrogens with zero attached hydrogens (tertiary/aromatic N) is 4. The smallest absolute Gasteiger partial charge is 0.232 e. The van der Waals surface area contributed by atoms with Crippen LogP contribution < -0.4 is 4.90 Å². The maximum Gasteiger partial charge on any atom is 0.232 e. The molecule has 0 unspecified atom stereocenters. The Morgan fingerprint density at radius 2 is 2.07 bits per heavy atom. The zero-order chi connectivity index (χ0) is 20.5. The van der Waals surface area contributed by atoms with Gasteiger partial charge in [0.2, 0.25) is 11.8 Å². The summed E-state index contributed by atoms with van der Waals surface area (Å²) in [5.41, 5.74) is 2.25. The highest BCUT2D eigenvalue weighted by atomic mass is 19.1. The number of fused-ring (bicyclic) bond motifs is 1. The van der Waals surface area contributed by atoms with E-state index in [0.717, 1.165) is 30.6 Å². The molecule has 2 aliphatic rings. The molecule has 2 amide bonds. The molecule has 1 aromatic heterocycles. The van der Waals surface area contributed by atoms with Crippen molar-refractivity contribution < 1.29 is 14.0 Å². The van der Waals surface area contributed by atoms with E-state index in [1.807, 2.05) is 11.8 Å². The fourth-order valence-electron chi connectivity index (χ4n) is 4.22. The van der Waals surface area contributed by atoms with Crippen LogP contribution >= 0.6 is 0 Å². The van der Waals surface area contributed by atoms with Gasteiger partial charge in [0.15, 0.2) is 0 Å².